The van der Waals surface area contributed by atoms with Crippen LogP contribution >= 0.6 is 0 Å². The molecular formula is C22H24N2O3S. The van der Waals surface area contributed by atoms with Gasteiger partial charge in [-0.1, -0.05) is 24.3 Å². The highest BCUT2D eigenvalue weighted by Crippen LogP contribution is 2.26. The highest BCUT2D eigenvalue weighted by molar-refractivity contribution is 7.90. The predicted molar refractivity (Wildman–Crippen MR) is 110 cm³/mol. The van der Waals surface area contributed by atoms with Crippen LogP contribution in [0, 0.1) is 0 Å². The molecular weight excluding hydrogens is 372 g/mol. The van der Waals surface area contributed by atoms with Crippen LogP contribution in [0.25, 0.3) is 22.6 Å². The molecule has 146 valence electrons. The summed E-state index contributed by atoms with van der Waals surface area (Å²) in [4.78, 5) is 7.41. The summed E-state index contributed by atoms with van der Waals surface area (Å²) >= 11 is 0. The second-order valence-corrected chi connectivity index (χ2v) is 9.50. The number of nitrogens with zero attached hydrogens (tertiary/aromatic N) is 2. The topological polar surface area (TPSA) is 63.4 Å². The van der Waals surface area contributed by atoms with Gasteiger partial charge in [0, 0.05) is 24.4 Å². The molecule has 1 saturated heterocycles. The first-order chi connectivity index (χ1) is 13.4. The summed E-state index contributed by atoms with van der Waals surface area (Å²) in [6.45, 7) is 4.21. The quantitative estimate of drug-likeness (QED) is 0.640. The van der Waals surface area contributed by atoms with Crippen LogP contribution < -0.4 is 0 Å². The van der Waals surface area contributed by atoms with Gasteiger partial charge in [0.25, 0.3) is 0 Å². The summed E-state index contributed by atoms with van der Waals surface area (Å²) in [5, 5.41) is 0. The van der Waals surface area contributed by atoms with E-state index >= 15 is 0 Å². The van der Waals surface area contributed by atoms with Gasteiger partial charge >= 0.3 is 0 Å². The monoisotopic (exact) mass is 396 g/mol. The largest absolute Gasteiger partial charge is 0.444 e. The fourth-order valence-electron chi connectivity index (χ4n) is 3.65. The number of sulfone groups is 1. The minimum Gasteiger partial charge on any atom is -0.444 e. The van der Waals surface area contributed by atoms with E-state index in [4.69, 9.17) is 4.42 Å². The van der Waals surface area contributed by atoms with Crippen molar-refractivity contribution in [3.05, 3.63) is 60.5 Å². The van der Waals surface area contributed by atoms with Crippen molar-refractivity contribution in [3.8, 4) is 22.6 Å². The molecule has 1 aromatic heterocycles. The standard InChI is InChI=1S/C22H24N2O3S/c1-16-4-3-13-24(16)14-20-15-27-22(23-20)19-7-5-17(6-8-19)18-9-11-21(12-10-18)28(2,25)26/h5-12,15-16H,3-4,13-14H2,1-2H3. The summed E-state index contributed by atoms with van der Waals surface area (Å²) in [7, 11) is -3.18. The molecule has 1 aliphatic rings. The molecule has 0 radical (unpaired) electrons. The predicted octanol–water partition coefficient (Wildman–Crippen LogP) is 4.40. The SMILES string of the molecule is CC1CCCN1Cc1coc(-c2ccc(-c3ccc(S(C)(=O)=O)cc3)cc2)n1. The van der Waals surface area contributed by atoms with Crippen molar-refractivity contribution in [1.29, 1.82) is 0 Å². The number of rotatable bonds is 5. The van der Waals surface area contributed by atoms with E-state index in [1.54, 1.807) is 18.4 Å². The Morgan fingerprint density at radius 3 is 2.21 bits per heavy atom. The molecule has 5 nitrogen and oxygen atoms in total. The lowest BCUT2D eigenvalue weighted by molar-refractivity contribution is 0.257. The van der Waals surface area contributed by atoms with E-state index in [-0.39, 0.29) is 0 Å². The zero-order valence-electron chi connectivity index (χ0n) is 16.1. The van der Waals surface area contributed by atoms with E-state index in [9.17, 15) is 8.42 Å². The van der Waals surface area contributed by atoms with Crippen molar-refractivity contribution < 1.29 is 12.8 Å². The molecule has 6 heteroatoms. The first-order valence-corrected chi connectivity index (χ1v) is 11.4. The third kappa shape index (κ3) is 4.03. The van der Waals surface area contributed by atoms with E-state index < -0.39 is 9.84 Å². The Kier molecular flexibility index (Phi) is 5.08. The normalized spacial score (nSPS) is 17.9. The molecule has 1 fully saturated rings. The van der Waals surface area contributed by atoms with Gasteiger partial charge in [-0.25, -0.2) is 13.4 Å². The Morgan fingerprint density at radius 1 is 1.04 bits per heavy atom. The lowest BCUT2D eigenvalue weighted by Gasteiger charge is -2.18. The van der Waals surface area contributed by atoms with Gasteiger partial charge in [-0.15, -0.1) is 0 Å². The fourth-order valence-corrected chi connectivity index (χ4v) is 4.28. The Labute approximate surface area is 165 Å². The molecule has 0 N–H and O–H groups in total. The molecule has 1 aliphatic heterocycles. The van der Waals surface area contributed by atoms with Crippen molar-refractivity contribution in [2.75, 3.05) is 12.8 Å². The summed E-state index contributed by atoms with van der Waals surface area (Å²) in [5.41, 5.74) is 3.87. The van der Waals surface area contributed by atoms with Gasteiger partial charge in [-0.05, 0) is 61.7 Å². The zero-order chi connectivity index (χ0) is 19.7. The van der Waals surface area contributed by atoms with Crippen LogP contribution in [0.1, 0.15) is 25.5 Å². The van der Waals surface area contributed by atoms with Crippen LogP contribution in [0.5, 0.6) is 0 Å². The van der Waals surface area contributed by atoms with Crippen LogP contribution in [0.3, 0.4) is 0 Å². The van der Waals surface area contributed by atoms with E-state index in [2.05, 4.69) is 16.8 Å². The smallest absolute Gasteiger partial charge is 0.226 e. The van der Waals surface area contributed by atoms with Crippen LogP contribution in [0.15, 0.2) is 64.1 Å². The van der Waals surface area contributed by atoms with Crippen LogP contribution in [0.2, 0.25) is 0 Å². The number of aromatic nitrogens is 1. The number of oxazole rings is 1. The zero-order valence-corrected chi connectivity index (χ0v) is 16.9. The molecule has 0 aliphatic carbocycles. The van der Waals surface area contributed by atoms with E-state index in [0.717, 1.165) is 35.5 Å². The van der Waals surface area contributed by atoms with Crippen molar-refractivity contribution >= 4 is 9.84 Å². The Balaban J connectivity index is 1.49. The third-order valence-electron chi connectivity index (χ3n) is 5.36. The molecule has 3 aromatic rings. The van der Waals surface area contributed by atoms with Crippen LogP contribution in [0.4, 0.5) is 0 Å². The average Bonchev–Trinajstić information content (AvgIpc) is 3.31. The van der Waals surface area contributed by atoms with Gasteiger partial charge in [0.05, 0.1) is 10.6 Å². The molecule has 1 unspecified atom stereocenters. The molecule has 0 spiro atoms. The van der Waals surface area contributed by atoms with E-state index in [0.29, 0.717) is 16.8 Å². The minimum absolute atomic E-state index is 0.326. The van der Waals surface area contributed by atoms with Gasteiger partial charge in [0.1, 0.15) is 6.26 Å². The van der Waals surface area contributed by atoms with E-state index in [1.165, 1.54) is 19.1 Å². The second-order valence-electron chi connectivity index (χ2n) is 7.48. The fraction of sp³-hybridized carbons (Fsp3) is 0.318. The first kappa shape index (κ1) is 18.9. The maximum atomic E-state index is 11.6. The molecule has 28 heavy (non-hydrogen) atoms. The molecule has 4 rings (SSSR count). The summed E-state index contributed by atoms with van der Waals surface area (Å²) < 4.78 is 28.9. The molecule has 2 heterocycles. The summed E-state index contributed by atoms with van der Waals surface area (Å²) in [6.07, 6.45) is 5.46. The number of hydrogen-bond acceptors (Lipinski definition) is 5. The van der Waals surface area contributed by atoms with Gasteiger partial charge in [-0.3, -0.25) is 4.90 Å². The van der Waals surface area contributed by atoms with Crippen molar-refractivity contribution in [3.63, 3.8) is 0 Å². The minimum atomic E-state index is -3.18. The second kappa shape index (κ2) is 7.53. The molecule has 0 amide bonds. The average molecular weight is 397 g/mol. The Bertz CT molecular complexity index is 1050. The van der Waals surface area contributed by atoms with Gasteiger partial charge in [0.2, 0.25) is 5.89 Å². The third-order valence-corrected chi connectivity index (χ3v) is 6.48. The van der Waals surface area contributed by atoms with E-state index in [1.807, 2.05) is 36.4 Å². The van der Waals surface area contributed by atoms with Crippen molar-refractivity contribution in [2.24, 2.45) is 0 Å². The van der Waals surface area contributed by atoms with Gasteiger partial charge < -0.3 is 4.42 Å². The lowest BCUT2D eigenvalue weighted by Crippen LogP contribution is -2.26. The highest BCUT2D eigenvalue weighted by Gasteiger charge is 2.21. The number of hydrogen-bond donors (Lipinski definition) is 0. The maximum Gasteiger partial charge on any atom is 0.226 e. The highest BCUT2D eigenvalue weighted by atomic mass is 32.2. The maximum absolute atomic E-state index is 11.6. The van der Waals surface area contributed by atoms with Crippen LogP contribution in [-0.4, -0.2) is 37.1 Å². The first-order valence-electron chi connectivity index (χ1n) is 9.49. The lowest BCUT2D eigenvalue weighted by atomic mass is 10.0. The molecule has 2 aromatic carbocycles. The summed E-state index contributed by atoms with van der Waals surface area (Å²) in [5.74, 6) is 0.626. The molecule has 1 atom stereocenters. The Hall–Kier alpha value is -2.44. The van der Waals surface area contributed by atoms with Gasteiger partial charge in [0.15, 0.2) is 9.84 Å². The van der Waals surface area contributed by atoms with Crippen LogP contribution in [-0.2, 0) is 16.4 Å². The number of benzene rings is 2. The van der Waals surface area contributed by atoms with Crippen molar-refractivity contribution in [2.45, 2.75) is 37.2 Å². The van der Waals surface area contributed by atoms with Crippen molar-refractivity contribution in [1.82, 2.24) is 9.88 Å². The summed E-state index contributed by atoms with van der Waals surface area (Å²) in [6, 6.07) is 15.5. The Morgan fingerprint density at radius 2 is 1.64 bits per heavy atom. The molecule has 0 saturated carbocycles. The molecule has 0 bridgehead atoms. The number of likely N-dealkylation sites (tertiary alicyclic amines) is 1. The van der Waals surface area contributed by atoms with Gasteiger partial charge in [-0.2, -0.15) is 0 Å².